The Balaban J connectivity index is 1.47. The fraction of sp³-hybridized carbons (Fsp3) is 0.160. The number of hydrogen-bond donors (Lipinski definition) is 1. The number of nitrogens with zero attached hydrogens (tertiary/aromatic N) is 3. The predicted molar refractivity (Wildman–Crippen MR) is 125 cm³/mol. The molecule has 4 rings (SSSR count). The molecule has 5 nitrogen and oxygen atoms in total. The number of benzene rings is 3. The summed E-state index contributed by atoms with van der Waals surface area (Å²) >= 11 is 1.39. The fourth-order valence-electron chi connectivity index (χ4n) is 3.24. The summed E-state index contributed by atoms with van der Waals surface area (Å²) in [4.78, 5) is 12.4. The molecule has 0 fully saturated rings. The zero-order valence-electron chi connectivity index (χ0n) is 17.4. The molecule has 0 aliphatic heterocycles. The lowest BCUT2D eigenvalue weighted by molar-refractivity contribution is -0.118. The molecule has 0 saturated heterocycles. The third kappa shape index (κ3) is 5.41. The highest BCUT2D eigenvalue weighted by molar-refractivity contribution is 7.99. The van der Waals surface area contributed by atoms with Crippen LogP contribution in [0.3, 0.4) is 0 Å². The van der Waals surface area contributed by atoms with Gasteiger partial charge in [-0.25, -0.2) is 0 Å². The summed E-state index contributed by atoms with van der Waals surface area (Å²) in [5, 5.41) is 12.5. The lowest BCUT2D eigenvalue weighted by Crippen LogP contribution is -2.27. The molecule has 6 heteroatoms. The van der Waals surface area contributed by atoms with Crippen molar-refractivity contribution >= 4 is 17.7 Å². The molecule has 31 heavy (non-hydrogen) atoms. The molecule has 0 spiro atoms. The van der Waals surface area contributed by atoms with Crippen LogP contribution in [0.1, 0.15) is 11.1 Å². The molecule has 0 saturated carbocycles. The lowest BCUT2D eigenvalue weighted by Gasteiger charge is -2.11. The second kappa shape index (κ2) is 10.1. The average Bonchev–Trinajstić information content (AvgIpc) is 3.23. The van der Waals surface area contributed by atoms with E-state index in [4.69, 9.17) is 0 Å². The van der Waals surface area contributed by atoms with Gasteiger partial charge in [0.05, 0.1) is 5.75 Å². The molecule has 1 aromatic heterocycles. The van der Waals surface area contributed by atoms with Gasteiger partial charge in [-0.05, 0) is 31.0 Å². The van der Waals surface area contributed by atoms with Crippen LogP contribution in [0.4, 0.5) is 0 Å². The number of carbonyl (C=O) groups is 1. The van der Waals surface area contributed by atoms with Crippen molar-refractivity contribution in [2.75, 3.05) is 12.3 Å². The smallest absolute Gasteiger partial charge is 0.230 e. The van der Waals surface area contributed by atoms with Crippen molar-refractivity contribution < 1.29 is 4.79 Å². The molecule has 3 aromatic carbocycles. The Labute approximate surface area is 186 Å². The van der Waals surface area contributed by atoms with Crippen LogP contribution in [0.15, 0.2) is 90.1 Å². The third-order valence-electron chi connectivity index (χ3n) is 4.87. The van der Waals surface area contributed by atoms with Crippen molar-refractivity contribution in [3.8, 4) is 17.1 Å². The van der Waals surface area contributed by atoms with E-state index in [0.717, 1.165) is 23.5 Å². The van der Waals surface area contributed by atoms with E-state index in [2.05, 4.69) is 58.8 Å². The molecule has 0 atom stereocenters. The largest absolute Gasteiger partial charge is 0.355 e. The van der Waals surface area contributed by atoms with Crippen LogP contribution < -0.4 is 5.32 Å². The van der Waals surface area contributed by atoms with E-state index in [1.807, 2.05) is 53.1 Å². The molecule has 0 aliphatic rings. The van der Waals surface area contributed by atoms with Crippen LogP contribution in [0.2, 0.25) is 0 Å². The molecular weight excluding hydrogens is 404 g/mol. The van der Waals surface area contributed by atoms with Crippen LogP contribution in [-0.2, 0) is 11.2 Å². The minimum absolute atomic E-state index is 0.0133. The van der Waals surface area contributed by atoms with Crippen molar-refractivity contribution in [1.29, 1.82) is 0 Å². The van der Waals surface area contributed by atoms with E-state index in [0.29, 0.717) is 11.7 Å². The van der Waals surface area contributed by atoms with Gasteiger partial charge in [-0.3, -0.25) is 9.36 Å². The number of rotatable bonds is 8. The fourth-order valence-corrected chi connectivity index (χ4v) is 4.02. The Morgan fingerprint density at radius 1 is 0.903 bits per heavy atom. The van der Waals surface area contributed by atoms with E-state index in [1.54, 1.807) is 0 Å². The Kier molecular flexibility index (Phi) is 6.79. The number of nitrogens with one attached hydrogen (secondary N) is 1. The van der Waals surface area contributed by atoms with Gasteiger partial charge < -0.3 is 5.32 Å². The summed E-state index contributed by atoms with van der Waals surface area (Å²) in [6, 6.07) is 28.3. The maximum atomic E-state index is 12.4. The van der Waals surface area contributed by atoms with Crippen molar-refractivity contribution in [2.24, 2.45) is 0 Å². The Morgan fingerprint density at radius 2 is 1.58 bits per heavy atom. The Hall–Kier alpha value is -3.38. The summed E-state index contributed by atoms with van der Waals surface area (Å²) in [6.07, 6.45) is 0.814. The molecule has 0 bridgehead atoms. The second-order valence-corrected chi connectivity index (χ2v) is 8.16. The minimum atomic E-state index is -0.0133. The van der Waals surface area contributed by atoms with Crippen molar-refractivity contribution in [1.82, 2.24) is 20.1 Å². The molecule has 4 aromatic rings. The Morgan fingerprint density at radius 3 is 2.29 bits per heavy atom. The van der Waals surface area contributed by atoms with Gasteiger partial charge in [0.25, 0.3) is 0 Å². The maximum Gasteiger partial charge on any atom is 0.230 e. The summed E-state index contributed by atoms with van der Waals surface area (Å²) in [5.74, 6) is 1.03. The standard InChI is InChI=1S/C25H24N4OS/c1-19-12-14-22(15-13-19)29-24(21-10-6-3-7-11-21)27-28-25(29)31-18-23(30)26-17-16-20-8-4-2-5-9-20/h2-15H,16-18H2,1H3,(H,26,30). The van der Waals surface area contributed by atoms with Gasteiger partial charge in [0.1, 0.15) is 0 Å². The van der Waals surface area contributed by atoms with E-state index in [-0.39, 0.29) is 11.7 Å². The molecule has 1 N–H and O–H groups in total. The first kappa shape index (κ1) is 20.9. The number of aryl methyl sites for hydroxylation is 1. The van der Waals surface area contributed by atoms with Crippen molar-refractivity contribution in [3.63, 3.8) is 0 Å². The van der Waals surface area contributed by atoms with Gasteiger partial charge in [-0.2, -0.15) is 0 Å². The van der Waals surface area contributed by atoms with E-state index in [9.17, 15) is 4.79 Å². The number of aromatic nitrogens is 3. The van der Waals surface area contributed by atoms with Crippen LogP contribution in [0.5, 0.6) is 0 Å². The molecule has 1 heterocycles. The van der Waals surface area contributed by atoms with E-state index >= 15 is 0 Å². The monoisotopic (exact) mass is 428 g/mol. The number of hydrogen-bond acceptors (Lipinski definition) is 4. The topological polar surface area (TPSA) is 59.8 Å². The molecule has 0 radical (unpaired) electrons. The van der Waals surface area contributed by atoms with Crippen LogP contribution in [-0.4, -0.2) is 33.0 Å². The molecule has 0 aliphatic carbocycles. The SMILES string of the molecule is Cc1ccc(-n2c(SCC(=O)NCCc3ccccc3)nnc2-c2ccccc2)cc1. The number of carbonyl (C=O) groups excluding carboxylic acids is 1. The first-order valence-corrected chi connectivity index (χ1v) is 11.2. The quantitative estimate of drug-likeness (QED) is 0.414. The van der Waals surface area contributed by atoms with Gasteiger partial charge in [0.15, 0.2) is 11.0 Å². The van der Waals surface area contributed by atoms with Gasteiger partial charge in [0.2, 0.25) is 5.91 Å². The molecule has 156 valence electrons. The lowest BCUT2D eigenvalue weighted by atomic mass is 10.1. The van der Waals surface area contributed by atoms with Gasteiger partial charge in [-0.1, -0.05) is 90.1 Å². The highest BCUT2D eigenvalue weighted by Gasteiger charge is 2.17. The summed E-state index contributed by atoms with van der Waals surface area (Å²) in [6.45, 7) is 2.67. The van der Waals surface area contributed by atoms with Gasteiger partial charge in [0, 0.05) is 17.8 Å². The first-order chi connectivity index (χ1) is 15.2. The summed E-state index contributed by atoms with van der Waals surface area (Å²) < 4.78 is 2.01. The molecule has 0 unspecified atom stereocenters. The third-order valence-corrected chi connectivity index (χ3v) is 5.80. The first-order valence-electron chi connectivity index (χ1n) is 10.2. The predicted octanol–water partition coefficient (Wildman–Crippen LogP) is 4.69. The van der Waals surface area contributed by atoms with Gasteiger partial charge >= 0.3 is 0 Å². The van der Waals surface area contributed by atoms with E-state index in [1.165, 1.54) is 22.9 Å². The van der Waals surface area contributed by atoms with Crippen molar-refractivity contribution in [3.05, 3.63) is 96.1 Å². The summed E-state index contributed by atoms with van der Waals surface area (Å²) in [7, 11) is 0. The Bertz CT molecular complexity index is 1130. The average molecular weight is 429 g/mol. The second-order valence-electron chi connectivity index (χ2n) is 7.22. The number of amides is 1. The molecule has 1 amide bonds. The normalized spacial score (nSPS) is 10.7. The van der Waals surface area contributed by atoms with Crippen LogP contribution in [0, 0.1) is 6.92 Å². The zero-order valence-corrected chi connectivity index (χ0v) is 18.2. The van der Waals surface area contributed by atoms with Crippen LogP contribution >= 0.6 is 11.8 Å². The van der Waals surface area contributed by atoms with Crippen molar-refractivity contribution in [2.45, 2.75) is 18.5 Å². The molecular formula is C25H24N4OS. The maximum absolute atomic E-state index is 12.4. The van der Waals surface area contributed by atoms with Gasteiger partial charge in [-0.15, -0.1) is 10.2 Å². The zero-order chi connectivity index (χ0) is 21.5. The highest BCUT2D eigenvalue weighted by Crippen LogP contribution is 2.28. The van der Waals surface area contributed by atoms with Crippen LogP contribution in [0.25, 0.3) is 17.1 Å². The summed E-state index contributed by atoms with van der Waals surface area (Å²) in [5.41, 5.74) is 4.35. The highest BCUT2D eigenvalue weighted by atomic mass is 32.2. The minimum Gasteiger partial charge on any atom is -0.355 e. The number of thioether (sulfide) groups is 1. The van der Waals surface area contributed by atoms with E-state index < -0.39 is 0 Å².